The molecule has 0 heterocycles. The van der Waals surface area contributed by atoms with Gasteiger partial charge in [0.2, 0.25) is 0 Å². The number of aliphatic hydroxyl groups is 1. The minimum Gasteiger partial charge on any atom is -0.388 e. The van der Waals surface area contributed by atoms with Crippen LogP contribution in [0.2, 0.25) is 0 Å². The van der Waals surface area contributed by atoms with Gasteiger partial charge in [0.25, 0.3) is 5.91 Å². The molecule has 0 aromatic heterocycles. The number of rotatable bonds is 5. The highest BCUT2D eigenvalue weighted by molar-refractivity contribution is 5.82. The van der Waals surface area contributed by atoms with Crippen LogP contribution in [0.1, 0.15) is 30.9 Å². The van der Waals surface area contributed by atoms with E-state index in [1.807, 2.05) is 30.3 Å². The number of ether oxygens (including phenoxy) is 1. The van der Waals surface area contributed by atoms with Crippen molar-refractivity contribution in [3.63, 3.8) is 0 Å². The second-order valence-corrected chi connectivity index (χ2v) is 4.82. The van der Waals surface area contributed by atoms with E-state index in [-0.39, 0.29) is 5.91 Å². The molecule has 1 unspecified atom stereocenters. The van der Waals surface area contributed by atoms with Gasteiger partial charge in [-0.25, -0.2) is 0 Å². The van der Waals surface area contributed by atoms with Crippen LogP contribution >= 0.6 is 0 Å². The van der Waals surface area contributed by atoms with Gasteiger partial charge in [-0.05, 0) is 24.8 Å². The Balaban J connectivity index is 1.94. The topological polar surface area (TPSA) is 58.6 Å². The molecule has 1 aliphatic rings. The van der Waals surface area contributed by atoms with Crippen LogP contribution in [0, 0.1) is 0 Å². The molecule has 1 fully saturated rings. The summed E-state index contributed by atoms with van der Waals surface area (Å²) in [6.45, 7) is 0.304. The Bertz CT molecular complexity index is 401. The van der Waals surface area contributed by atoms with Gasteiger partial charge in [0.05, 0.1) is 5.60 Å². The lowest BCUT2D eigenvalue weighted by molar-refractivity contribution is -0.133. The Morgan fingerprint density at radius 3 is 2.61 bits per heavy atom. The zero-order valence-electron chi connectivity index (χ0n) is 10.6. The Morgan fingerprint density at radius 1 is 1.44 bits per heavy atom. The fourth-order valence-electron chi connectivity index (χ4n) is 2.13. The summed E-state index contributed by atoms with van der Waals surface area (Å²) in [6.07, 6.45) is 1.93. The number of methoxy groups -OCH3 is 1. The van der Waals surface area contributed by atoms with Gasteiger partial charge in [0.15, 0.2) is 6.10 Å². The van der Waals surface area contributed by atoms with Gasteiger partial charge in [-0.2, -0.15) is 0 Å². The standard InChI is InChI=1S/C14H19NO3/c1-18-12(11-6-3-2-4-7-11)13(16)15-10-14(17)8-5-9-14/h2-4,6-7,12,17H,5,8-10H2,1H3,(H,15,16). The van der Waals surface area contributed by atoms with Crippen molar-refractivity contribution < 1.29 is 14.6 Å². The summed E-state index contributed by atoms with van der Waals surface area (Å²) in [6, 6.07) is 9.34. The van der Waals surface area contributed by atoms with Gasteiger partial charge < -0.3 is 15.2 Å². The number of amides is 1. The number of benzene rings is 1. The lowest BCUT2D eigenvalue weighted by atomic mass is 9.80. The third-order valence-corrected chi connectivity index (χ3v) is 3.45. The van der Waals surface area contributed by atoms with E-state index < -0.39 is 11.7 Å². The number of carbonyl (C=O) groups excluding carboxylic acids is 1. The highest BCUT2D eigenvalue weighted by Crippen LogP contribution is 2.30. The molecule has 1 aliphatic carbocycles. The van der Waals surface area contributed by atoms with E-state index >= 15 is 0 Å². The van der Waals surface area contributed by atoms with Crippen molar-refractivity contribution >= 4 is 5.91 Å². The molecule has 2 N–H and O–H groups in total. The third-order valence-electron chi connectivity index (χ3n) is 3.45. The van der Waals surface area contributed by atoms with Gasteiger partial charge >= 0.3 is 0 Å². The van der Waals surface area contributed by atoms with E-state index in [0.717, 1.165) is 24.8 Å². The van der Waals surface area contributed by atoms with Crippen LogP contribution in [0.4, 0.5) is 0 Å². The summed E-state index contributed by atoms with van der Waals surface area (Å²) in [7, 11) is 1.51. The fraction of sp³-hybridized carbons (Fsp3) is 0.500. The van der Waals surface area contributed by atoms with Crippen LogP contribution in [-0.4, -0.2) is 30.3 Å². The first kappa shape index (κ1) is 13.1. The fourth-order valence-corrected chi connectivity index (χ4v) is 2.13. The van der Waals surface area contributed by atoms with E-state index in [9.17, 15) is 9.90 Å². The molecule has 4 heteroatoms. The average molecular weight is 249 g/mol. The summed E-state index contributed by atoms with van der Waals surface area (Å²) >= 11 is 0. The van der Waals surface area contributed by atoms with Gasteiger partial charge in [-0.15, -0.1) is 0 Å². The van der Waals surface area contributed by atoms with Crippen LogP contribution in [0.3, 0.4) is 0 Å². The third kappa shape index (κ3) is 2.89. The van der Waals surface area contributed by atoms with Crippen molar-refractivity contribution in [1.82, 2.24) is 5.32 Å². The Hall–Kier alpha value is -1.39. The Morgan fingerprint density at radius 2 is 2.11 bits per heavy atom. The van der Waals surface area contributed by atoms with Crippen molar-refractivity contribution in [2.24, 2.45) is 0 Å². The molecule has 2 rings (SSSR count). The summed E-state index contributed by atoms with van der Waals surface area (Å²) in [4.78, 5) is 12.0. The zero-order valence-corrected chi connectivity index (χ0v) is 10.6. The molecule has 0 spiro atoms. The van der Waals surface area contributed by atoms with Gasteiger partial charge in [0, 0.05) is 13.7 Å². The quantitative estimate of drug-likeness (QED) is 0.829. The van der Waals surface area contributed by atoms with Crippen molar-refractivity contribution in [3.8, 4) is 0 Å². The largest absolute Gasteiger partial charge is 0.388 e. The van der Waals surface area contributed by atoms with Gasteiger partial charge in [-0.1, -0.05) is 30.3 Å². The van der Waals surface area contributed by atoms with Crippen molar-refractivity contribution in [2.75, 3.05) is 13.7 Å². The first-order valence-electron chi connectivity index (χ1n) is 6.22. The summed E-state index contributed by atoms with van der Waals surface area (Å²) in [5.74, 6) is -0.205. The highest BCUT2D eigenvalue weighted by Gasteiger charge is 2.35. The van der Waals surface area contributed by atoms with Gasteiger partial charge in [0.1, 0.15) is 0 Å². The molecule has 0 radical (unpaired) electrons. The maximum Gasteiger partial charge on any atom is 0.253 e. The second kappa shape index (κ2) is 5.50. The molecule has 1 aromatic carbocycles. The van der Waals surface area contributed by atoms with Crippen molar-refractivity contribution in [3.05, 3.63) is 35.9 Å². The van der Waals surface area contributed by atoms with E-state index in [2.05, 4.69) is 5.32 Å². The summed E-state index contributed by atoms with van der Waals surface area (Å²) in [5.41, 5.74) is 0.114. The molecule has 0 bridgehead atoms. The second-order valence-electron chi connectivity index (χ2n) is 4.82. The van der Waals surface area contributed by atoms with Gasteiger partial charge in [-0.3, -0.25) is 4.79 Å². The van der Waals surface area contributed by atoms with Crippen LogP contribution in [0.5, 0.6) is 0 Å². The summed E-state index contributed by atoms with van der Waals surface area (Å²) in [5, 5.41) is 12.7. The first-order valence-corrected chi connectivity index (χ1v) is 6.22. The molecular weight excluding hydrogens is 230 g/mol. The van der Waals surface area contributed by atoms with Crippen LogP contribution in [0.15, 0.2) is 30.3 Å². The van der Waals surface area contributed by atoms with E-state index in [4.69, 9.17) is 4.74 Å². The SMILES string of the molecule is COC(C(=O)NCC1(O)CCC1)c1ccccc1. The maximum atomic E-state index is 12.0. The smallest absolute Gasteiger partial charge is 0.253 e. The molecule has 0 aliphatic heterocycles. The van der Waals surface area contributed by atoms with E-state index in [0.29, 0.717) is 6.54 Å². The zero-order chi connectivity index (χ0) is 13.0. The van der Waals surface area contributed by atoms with Crippen LogP contribution in [0.25, 0.3) is 0 Å². The Kier molecular flexibility index (Phi) is 3.99. The molecular formula is C14H19NO3. The number of nitrogens with one attached hydrogen (secondary N) is 1. The predicted octanol–water partition coefficient (Wildman–Crippen LogP) is 1.41. The number of hydrogen-bond acceptors (Lipinski definition) is 3. The van der Waals surface area contributed by atoms with Crippen LogP contribution < -0.4 is 5.32 Å². The molecule has 1 saturated carbocycles. The minimum atomic E-state index is -0.704. The van der Waals surface area contributed by atoms with Crippen LogP contribution in [-0.2, 0) is 9.53 Å². The summed E-state index contributed by atoms with van der Waals surface area (Å²) < 4.78 is 5.22. The van der Waals surface area contributed by atoms with Crippen molar-refractivity contribution in [2.45, 2.75) is 31.0 Å². The maximum absolute atomic E-state index is 12.0. The molecule has 1 aromatic rings. The molecule has 4 nitrogen and oxygen atoms in total. The van der Waals surface area contributed by atoms with Crippen molar-refractivity contribution in [1.29, 1.82) is 0 Å². The molecule has 1 amide bonds. The van der Waals surface area contributed by atoms with E-state index in [1.54, 1.807) is 0 Å². The lowest BCUT2D eigenvalue weighted by Crippen LogP contribution is -2.48. The average Bonchev–Trinajstić information content (AvgIpc) is 2.36. The number of hydrogen-bond donors (Lipinski definition) is 2. The highest BCUT2D eigenvalue weighted by atomic mass is 16.5. The van der Waals surface area contributed by atoms with E-state index in [1.165, 1.54) is 7.11 Å². The Labute approximate surface area is 107 Å². The monoisotopic (exact) mass is 249 g/mol. The molecule has 18 heavy (non-hydrogen) atoms. The molecule has 1 atom stereocenters. The first-order chi connectivity index (χ1) is 8.64. The minimum absolute atomic E-state index is 0.205. The normalized spacial score (nSPS) is 18.8. The predicted molar refractivity (Wildman–Crippen MR) is 68.0 cm³/mol. The molecule has 0 saturated heterocycles. The number of carbonyl (C=O) groups is 1. The lowest BCUT2D eigenvalue weighted by Gasteiger charge is -2.36. The molecule has 98 valence electrons.